The molecule has 0 atom stereocenters. The van der Waals surface area contributed by atoms with Crippen molar-refractivity contribution in [3.05, 3.63) is 63.7 Å². The number of aliphatic imine (C=N–C) groups is 1. The van der Waals surface area contributed by atoms with Gasteiger partial charge in [0.25, 0.3) is 0 Å². The van der Waals surface area contributed by atoms with Crippen molar-refractivity contribution >= 4 is 28.9 Å². The fraction of sp³-hybridized carbons (Fsp3) is 0.300. The van der Waals surface area contributed by atoms with E-state index in [1.165, 1.54) is 0 Å². The van der Waals surface area contributed by atoms with E-state index in [0.29, 0.717) is 23.0 Å². The topological polar surface area (TPSA) is 44.7 Å². The van der Waals surface area contributed by atoms with Gasteiger partial charge in [-0.2, -0.15) is 0 Å². The number of benzene rings is 2. The molecule has 0 aliphatic carbocycles. The van der Waals surface area contributed by atoms with Crippen LogP contribution in [0.2, 0.25) is 5.02 Å². The Bertz CT molecular complexity index is 912. The summed E-state index contributed by atoms with van der Waals surface area (Å²) in [6.07, 6.45) is 0.335. The molecule has 0 unspecified atom stereocenters. The van der Waals surface area contributed by atoms with Gasteiger partial charge in [0, 0.05) is 30.0 Å². The number of hydrogen-bond donors (Lipinski definition) is 1. The van der Waals surface area contributed by atoms with Gasteiger partial charge in [0.05, 0.1) is 12.2 Å². The average Bonchev–Trinajstić information content (AvgIpc) is 3.02. The molecule has 1 aliphatic heterocycles. The van der Waals surface area contributed by atoms with Crippen molar-refractivity contribution in [1.82, 2.24) is 4.90 Å². The second-order valence-electron chi connectivity index (χ2n) is 6.74. The molecule has 2 aromatic rings. The number of ketones is 1. The first-order valence-electron chi connectivity index (χ1n) is 8.58. The number of anilines is 1. The summed E-state index contributed by atoms with van der Waals surface area (Å²) >= 11 is 5.95. The van der Waals surface area contributed by atoms with Crippen LogP contribution in [0.5, 0.6) is 0 Å². The third kappa shape index (κ3) is 4.51. The number of carbonyl (C=O) groups excluding carboxylic acids is 1. The van der Waals surface area contributed by atoms with E-state index in [1.807, 2.05) is 19.0 Å². The van der Waals surface area contributed by atoms with Gasteiger partial charge in [-0.25, -0.2) is 8.78 Å². The Morgan fingerprint density at radius 1 is 1.30 bits per heavy atom. The molecule has 0 amide bonds. The zero-order valence-electron chi connectivity index (χ0n) is 15.2. The highest BCUT2D eigenvalue weighted by Crippen LogP contribution is 2.32. The number of amidine groups is 1. The van der Waals surface area contributed by atoms with Crippen LogP contribution in [0, 0.1) is 11.6 Å². The smallest absolute Gasteiger partial charge is 0.182 e. The highest BCUT2D eigenvalue weighted by molar-refractivity contribution is 6.30. The first kappa shape index (κ1) is 19.5. The highest BCUT2D eigenvalue weighted by atomic mass is 35.5. The fourth-order valence-corrected chi connectivity index (χ4v) is 3.20. The van der Waals surface area contributed by atoms with Crippen molar-refractivity contribution in [3.63, 3.8) is 0 Å². The quantitative estimate of drug-likeness (QED) is 0.758. The maximum absolute atomic E-state index is 14.2. The lowest BCUT2D eigenvalue weighted by molar-refractivity contribution is 0.0992. The van der Waals surface area contributed by atoms with Gasteiger partial charge in [0.15, 0.2) is 17.4 Å². The molecular formula is C20H20ClF2N3O. The molecule has 4 nitrogen and oxygen atoms in total. The van der Waals surface area contributed by atoms with Crippen LogP contribution in [0.25, 0.3) is 0 Å². The molecule has 27 heavy (non-hydrogen) atoms. The maximum atomic E-state index is 14.2. The molecule has 0 spiro atoms. The van der Waals surface area contributed by atoms with Crippen LogP contribution in [-0.2, 0) is 12.8 Å². The van der Waals surface area contributed by atoms with Crippen molar-refractivity contribution in [1.29, 1.82) is 0 Å². The Balaban J connectivity index is 1.87. The van der Waals surface area contributed by atoms with Gasteiger partial charge in [-0.15, -0.1) is 0 Å². The van der Waals surface area contributed by atoms with E-state index in [9.17, 15) is 13.6 Å². The normalized spacial score (nSPS) is 14.5. The van der Waals surface area contributed by atoms with Gasteiger partial charge in [0.1, 0.15) is 5.84 Å². The Labute approximate surface area is 161 Å². The number of Topliss-reactive ketones (excluding diaryl/α,β-unsaturated/α-hetero) is 1. The first-order valence-corrected chi connectivity index (χ1v) is 8.96. The summed E-state index contributed by atoms with van der Waals surface area (Å²) in [4.78, 5) is 19.1. The second kappa shape index (κ2) is 8.15. The summed E-state index contributed by atoms with van der Waals surface area (Å²) in [7, 11) is 3.86. The number of likely N-dealkylation sites (N-methyl/N-ethyl adjacent to an activating group) is 1. The SMILES string of the molecule is CN(C)CCN=C1Cc2c(C(=O)Cc3cccc(Cl)c3)cc(F)c(F)c2N1. The van der Waals surface area contributed by atoms with Gasteiger partial charge in [-0.3, -0.25) is 9.79 Å². The predicted octanol–water partition coefficient (Wildman–Crippen LogP) is 3.97. The zero-order chi connectivity index (χ0) is 19.6. The minimum atomic E-state index is -1.05. The summed E-state index contributed by atoms with van der Waals surface area (Å²) in [6.45, 7) is 1.26. The van der Waals surface area contributed by atoms with Gasteiger partial charge in [-0.05, 0) is 43.4 Å². The van der Waals surface area contributed by atoms with Gasteiger partial charge >= 0.3 is 0 Å². The largest absolute Gasteiger partial charge is 0.341 e. The number of hydrogen-bond acceptors (Lipinski definition) is 3. The van der Waals surface area contributed by atoms with Crippen LogP contribution in [-0.4, -0.2) is 43.7 Å². The number of carbonyl (C=O) groups is 1. The number of halogens is 3. The molecule has 7 heteroatoms. The van der Waals surface area contributed by atoms with Crippen LogP contribution >= 0.6 is 11.6 Å². The molecule has 0 aromatic heterocycles. The third-order valence-electron chi connectivity index (χ3n) is 4.34. The summed E-state index contributed by atoms with van der Waals surface area (Å²) in [5.41, 5.74) is 1.35. The molecule has 142 valence electrons. The predicted molar refractivity (Wildman–Crippen MR) is 104 cm³/mol. The second-order valence-corrected chi connectivity index (χ2v) is 7.17. The molecule has 1 heterocycles. The molecule has 1 N–H and O–H groups in total. The lowest BCUT2D eigenvalue weighted by Gasteiger charge is -2.09. The van der Waals surface area contributed by atoms with Crippen molar-refractivity contribution < 1.29 is 13.6 Å². The number of nitrogens with one attached hydrogen (secondary N) is 1. The average molecular weight is 392 g/mol. The fourth-order valence-electron chi connectivity index (χ4n) is 2.99. The van der Waals surface area contributed by atoms with Crippen LogP contribution in [0.15, 0.2) is 35.3 Å². The van der Waals surface area contributed by atoms with E-state index in [-0.39, 0.29) is 29.9 Å². The van der Waals surface area contributed by atoms with Crippen molar-refractivity contribution in [2.24, 2.45) is 4.99 Å². The van der Waals surface area contributed by atoms with Crippen molar-refractivity contribution in [3.8, 4) is 0 Å². The maximum Gasteiger partial charge on any atom is 0.182 e. The standard InChI is InChI=1S/C20H20ClF2N3O/c1-26(2)7-6-24-18-11-15-14(10-16(22)19(23)20(15)25-18)17(27)9-12-4-3-5-13(21)8-12/h3-5,8,10H,6-7,9,11H2,1-2H3,(H,24,25). The molecule has 2 aromatic carbocycles. The zero-order valence-corrected chi connectivity index (χ0v) is 15.9. The summed E-state index contributed by atoms with van der Waals surface area (Å²) in [5, 5.41) is 3.35. The van der Waals surface area contributed by atoms with Gasteiger partial charge in [0.2, 0.25) is 0 Å². The van der Waals surface area contributed by atoms with Crippen LogP contribution in [0.1, 0.15) is 21.5 Å². The van der Waals surface area contributed by atoms with E-state index in [4.69, 9.17) is 11.6 Å². The summed E-state index contributed by atoms with van der Waals surface area (Å²) in [5.74, 6) is -1.79. The third-order valence-corrected chi connectivity index (χ3v) is 4.58. The van der Waals surface area contributed by atoms with E-state index in [2.05, 4.69) is 10.3 Å². The monoisotopic (exact) mass is 391 g/mol. The molecule has 0 radical (unpaired) electrons. The van der Waals surface area contributed by atoms with Crippen molar-refractivity contribution in [2.45, 2.75) is 12.8 Å². The summed E-state index contributed by atoms with van der Waals surface area (Å²) < 4.78 is 28.3. The number of fused-ring (bicyclic) bond motifs is 1. The van der Waals surface area contributed by atoms with E-state index in [0.717, 1.165) is 18.2 Å². The van der Waals surface area contributed by atoms with Gasteiger partial charge < -0.3 is 10.2 Å². The number of rotatable bonds is 6. The molecule has 1 aliphatic rings. The van der Waals surface area contributed by atoms with E-state index < -0.39 is 11.6 Å². The lowest BCUT2D eigenvalue weighted by Crippen LogP contribution is -2.17. The Morgan fingerprint density at radius 3 is 2.78 bits per heavy atom. The van der Waals surface area contributed by atoms with E-state index >= 15 is 0 Å². The molecule has 0 fully saturated rings. The summed E-state index contributed by atoms with van der Waals surface area (Å²) in [6, 6.07) is 7.90. The molecule has 0 saturated carbocycles. The molecule has 0 bridgehead atoms. The van der Waals surface area contributed by atoms with Crippen LogP contribution in [0.4, 0.5) is 14.5 Å². The molecule has 0 saturated heterocycles. The van der Waals surface area contributed by atoms with Crippen LogP contribution < -0.4 is 5.32 Å². The Hall–Kier alpha value is -2.31. The minimum Gasteiger partial charge on any atom is -0.341 e. The molecule has 3 rings (SSSR count). The van der Waals surface area contributed by atoms with Crippen molar-refractivity contribution in [2.75, 3.05) is 32.5 Å². The lowest BCUT2D eigenvalue weighted by atomic mass is 9.96. The van der Waals surface area contributed by atoms with Gasteiger partial charge in [-0.1, -0.05) is 23.7 Å². The Kier molecular flexibility index (Phi) is 5.87. The Morgan fingerprint density at radius 2 is 2.07 bits per heavy atom. The van der Waals surface area contributed by atoms with E-state index in [1.54, 1.807) is 24.3 Å². The molecular weight excluding hydrogens is 372 g/mol. The first-order chi connectivity index (χ1) is 12.8. The van der Waals surface area contributed by atoms with Crippen LogP contribution in [0.3, 0.4) is 0 Å². The minimum absolute atomic E-state index is 0.00745. The highest BCUT2D eigenvalue weighted by Gasteiger charge is 2.28. The number of nitrogens with zero attached hydrogens (tertiary/aromatic N) is 2.